The van der Waals surface area contributed by atoms with E-state index in [0.29, 0.717) is 13.1 Å². The van der Waals surface area contributed by atoms with Gasteiger partial charge in [0.05, 0.1) is 17.6 Å². The summed E-state index contributed by atoms with van der Waals surface area (Å²) >= 11 is 0. The lowest BCUT2D eigenvalue weighted by Crippen LogP contribution is -2.35. The van der Waals surface area contributed by atoms with Crippen molar-refractivity contribution in [2.75, 3.05) is 20.2 Å². The lowest BCUT2D eigenvalue weighted by atomic mass is 10.1. The molecule has 7 nitrogen and oxygen atoms in total. The molecular weight excluding hydrogens is 276 g/mol. The van der Waals surface area contributed by atoms with Crippen molar-refractivity contribution < 1.29 is 19.2 Å². The molecule has 7 heteroatoms. The maximum absolute atomic E-state index is 12.4. The van der Waals surface area contributed by atoms with Crippen molar-refractivity contribution in [3.63, 3.8) is 0 Å². The van der Waals surface area contributed by atoms with E-state index in [1.54, 1.807) is 4.90 Å². The highest BCUT2D eigenvalue weighted by atomic mass is 16.6. The molecule has 0 radical (unpaired) electrons. The molecule has 0 N–H and O–H groups in total. The number of non-ortho nitro benzene ring substituents is 1. The van der Waals surface area contributed by atoms with Crippen LogP contribution in [0.3, 0.4) is 0 Å². The number of amides is 1. The molecule has 0 aromatic heterocycles. The van der Waals surface area contributed by atoms with E-state index in [9.17, 15) is 19.7 Å². The van der Waals surface area contributed by atoms with E-state index in [4.69, 9.17) is 0 Å². The number of methoxy groups -OCH3 is 1. The van der Waals surface area contributed by atoms with Crippen molar-refractivity contribution in [1.82, 2.24) is 4.90 Å². The Kier molecular flexibility index (Phi) is 4.52. The fraction of sp³-hybridized carbons (Fsp3) is 0.429. The summed E-state index contributed by atoms with van der Waals surface area (Å²) in [7, 11) is 1.19. The normalized spacial score (nSPS) is 14.6. The van der Waals surface area contributed by atoms with E-state index in [1.807, 2.05) is 0 Å². The number of hydrogen-bond donors (Lipinski definition) is 0. The number of benzene rings is 1. The Morgan fingerprint density at radius 2 is 1.76 bits per heavy atom. The molecule has 21 heavy (non-hydrogen) atoms. The van der Waals surface area contributed by atoms with E-state index in [-0.39, 0.29) is 22.7 Å². The van der Waals surface area contributed by atoms with Gasteiger partial charge in [0.25, 0.3) is 11.6 Å². The van der Waals surface area contributed by atoms with E-state index in [0.717, 1.165) is 25.3 Å². The van der Waals surface area contributed by atoms with E-state index >= 15 is 0 Å². The van der Waals surface area contributed by atoms with Gasteiger partial charge in [0.15, 0.2) is 0 Å². The van der Waals surface area contributed by atoms with Crippen LogP contribution in [0.4, 0.5) is 5.69 Å². The van der Waals surface area contributed by atoms with Gasteiger partial charge in [-0.3, -0.25) is 14.9 Å². The molecule has 112 valence electrons. The zero-order chi connectivity index (χ0) is 15.4. The van der Waals surface area contributed by atoms with Crippen molar-refractivity contribution in [1.29, 1.82) is 0 Å². The summed E-state index contributed by atoms with van der Waals surface area (Å²) in [6.45, 7) is 1.27. The second kappa shape index (κ2) is 6.34. The Labute approximate surface area is 121 Å². The molecule has 1 amide bonds. The van der Waals surface area contributed by atoms with Crippen molar-refractivity contribution >= 4 is 17.6 Å². The maximum atomic E-state index is 12.4. The van der Waals surface area contributed by atoms with Crippen LogP contribution in [0.15, 0.2) is 18.2 Å². The van der Waals surface area contributed by atoms with Gasteiger partial charge in [-0.05, 0) is 25.3 Å². The number of ether oxygens (including phenoxy) is 1. The fourth-order valence-electron chi connectivity index (χ4n) is 2.36. The molecule has 0 bridgehead atoms. The number of likely N-dealkylation sites (tertiary alicyclic amines) is 1. The highest BCUT2D eigenvalue weighted by Crippen LogP contribution is 2.21. The van der Waals surface area contributed by atoms with E-state index in [1.165, 1.54) is 19.2 Å². The molecule has 0 atom stereocenters. The number of piperidine rings is 1. The molecule has 1 heterocycles. The molecule has 1 aromatic rings. The van der Waals surface area contributed by atoms with Crippen LogP contribution in [0.1, 0.15) is 40.0 Å². The van der Waals surface area contributed by atoms with Gasteiger partial charge in [0, 0.05) is 30.8 Å². The Morgan fingerprint density at radius 3 is 2.33 bits per heavy atom. The Morgan fingerprint density at radius 1 is 1.14 bits per heavy atom. The smallest absolute Gasteiger partial charge is 0.338 e. The molecule has 1 aliphatic rings. The largest absolute Gasteiger partial charge is 0.465 e. The zero-order valence-corrected chi connectivity index (χ0v) is 11.7. The average molecular weight is 292 g/mol. The first-order valence-corrected chi connectivity index (χ1v) is 6.70. The number of hydrogen-bond acceptors (Lipinski definition) is 5. The van der Waals surface area contributed by atoms with E-state index < -0.39 is 10.9 Å². The Bertz CT molecular complexity index is 579. The molecule has 0 aliphatic carbocycles. The van der Waals surface area contributed by atoms with Crippen LogP contribution in [0.2, 0.25) is 0 Å². The Balaban J connectivity index is 2.37. The van der Waals surface area contributed by atoms with Gasteiger partial charge in [-0.1, -0.05) is 0 Å². The Hall–Kier alpha value is -2.44. The SMILES string of the molecule is COC(=O)c1cc(C(=O)N2CCCCC2)cc([N+](=O)[O-])c1. The van der Waals surface area contributed by atoms with Gasteiger partial charge in [-0.25, -0.2) is 4.79 Å². The van der Waals surface area contributed by atoms with Crippen LogP contribution in [0.25, 0.3) is 0 Å². The number of rotatable bonds is 3. The minimum absolute atomic E-state index is 0.00654. The summed E-state index contributed by atoms with van der Waals surface area (Å²) in [5.41, 5.74) is -0.142. The van der Waals surface area contributed by atoms with Crippen LogP contribution < -0.4 is 0 Å². The molecule has 1 fully saturated rings. The van der Waals surface area contributed by atoms with E-state index in [2.05, 4.69) is 4.74 Å². The van der Waals surface area contributed by atoms with Crippen molar-refractivity contribution in [2.24, 2.45) is 0 Å². The van der Waals surface area contributed by atoms with Crippen LogP contribution >= 0.6 is 0 Å². The number of esters is 1. The van der Waals surface area contributed by atoms with Gasteiger partial charge >= 0.3 is 5.97 Å². The highest BCUT2D eigenvalue weighted by molar-refractivity contribution is 5.99. The standard InChI is InChI=1S/C14H16N2O5/c1-21-14(18)11-7-10(8-12(9-11)16(19)20)13(17)15-5-3-2-4-6-15/h7-9H,2-6H2,1H3. The van der Waals surface area contributed by atoms with Gasteiger partial charge in [-0.15, -0.1) is 0 Å². The first kappa shape index (κ1) is 15.0. The second-order valence-corrected chi connectivity index (χ2v) is 4.87. The lowest BCUT2D eigenvalue weighted by molar-refractivity contribution is -0.384. The quantitative estimate of drug-likeness (QED) is 0.483. The van der Waals surface area contributed by atoms with Crippen molar-refractivity contribution in [2.45, 2.75) is 19.3 Å². The van der Waals surface area contributed by atoms with Gasteiger partial charge < -0.3 is 9.64 Å². The number of nitro benzene ring substituents is 1. The summed E-state index contributed by atoms with van der Waals surface area (Å²) < 4.78 is 4.56. The summed E-state index contributed by atoms with van der Waals surface area (Å²) in [5.74, 6) is -0.991. The third kappa shape index (κ3) is 3.36. The summed E-state index contributed by atoms with van der Waals surface area (Å²) in [6, 6.07) is 3.65. The minimum Gasteiger partial charge on any atom is -0.465 e. The van der Waals surface area contributed by atoms with Gasteiger partial charge in [0.1, 0.15) is 0 Å². The molecule has 0 unspecified atom stereocenters. The lowest BCUT2D eigenvalue weighted by Gasteiger charge is -2.26. The topological polar surface area (TPSA) is 89.8 Å². The van der Waals surface area contributed by atoms with Crippen molar-refractivity contribution in [3.05, 3.63) is 39.4 Å². The molecule has 2 rings (SSSR count). The molecule has 1 saturated heterocycles. The number of nitro groups is 1. The number of carbonyl (C=O) groups is 2. The predicted octanol–water partition coefficient (Wildman–Crippen LogP) is 2.01. The van der Waals surface area contributed by atoms with Crippen LogP contribution in [-0.4, -0.2) is 41.9 Å². The molecule has 1 aromatic carbocycles. The monoisotopic (exact) mass is 292 g/mol. The molecular formula is C14H16N2O5. The summed E-state index contributed by atoms with van der Waals surface area (Å²) in [6.07, 6.45) is 2.92. The minimum atomic E-state index is -0.702. The molecule has 0 saturated carbocycles. The first-order chi connectivity index (χ1) is 10.0. The zero-order valence-electron chi connectivity index (χ0n) is 11.7. The van der Waals surface area contributed by atoms with Crippen LogP contribution in [-0.2, 0) is 4.74 Å². The molecule has 1 aliphatic heterocycles. The number of nitrogens with zero attached hydrogens (tertiary/aromatic N) is 2. The summed E-state index contributed by atoms with van der Waals surface area (Å²) in [5, 5.41) is 10.9. The maximum Gasteiger partial charge on any atom is 0.338 e. The molecule has 0 spiro atoms. The fourth-order valence-corrected chi connectivity index (χ4v) is 2.36. The average Bonchev–Trinajstić information content (AvgIpc) is 2.53. The van der Waals surface area contributed by atoms with Crippen molar-refractivity contribution in [3.8, 4) is 0 Å². The van der Waals surface area contributed by atoms with Gasteiger partial charge in [-0.2, -0.15) is 0 Å². The van der Waals surface area contributed by atoms with Crippen LogP contribution in [0, 0.1) is 10.1 Å². The third-order valence-corrected chi connectivity index (χ3v) is 3.44. The predicted molar refractivity (Wildman–Crippen MR) is 74.2 cm³/mol. The van der Waals surface area contributed by atoms with Gasteiger partial charge in [0.2, 0.25) is 0 Å². The second-order valence-electron chi connectivity index (χ2n) is 4.87. The first-order valence-electron chi connectivity index (χ1n) is 6.70. The highest BCUT2D eigenvalue weighted by Gasteiger charge is 2.23. The number of carbonyl (C=O) groups excluding carboxylic acids is 2. The summed E-state index contributed by atoms with van der Waals surface area (Å²) in [4.78, 5) is 35.9. The van der Waals surface area contributed by atoms with Crippen LogP contribution in [0.5, 0.6) is 0 Å². The third-order valence-electron chi connectivity index (χ3n) is 3.44.